The van der Waals surface area contributed by atoms with E-state index in [1.807, 2.05) is 18.2 Å². The van der Waals surface area contributed by atoms with Crippen LogP contribution in [0.15, 0.2) is 22.7 Å². The first-order valence-corrected chi connectivity index (χ1v) is 7.56. The van der Waals surface area contributed by atoms with E-state index in [0.29, 0.717) is 0 Å². The third-order valence-corrected chi connectivity index (χ3v) is 5.01. The van der Waals surface area contributed by atoms with E-state index in [4.69, 9.17) is 17.3 Å². The maximum absolute atomic E-state index is 6.50. The van der Waals surface area contributed by atoms with Crippen molar-refractivity contribution in [3.8, 4) is 0 Å². The Morgan fingerprint density at radius 1 is 1.33 bits per heavy atom. The largest absolute Gasteiger partial charge is 0.322 e. The Labute approximate surface area is 123 Å². The summed E-state index contributed by atoms with van der Waals surface area (Å²) in [6, 6.07) is 5.74. The minimum absolute atomic E-state index is 0.0794. The molecule has 0 amide bonds. The standard InChI is InChI=1S/C14H20BrClN2/c1-14(2,18-8-3-4-9-18)13(17)12-10(15)6-5-7-11(12)16/h5-7,13H,3-4,8-9,17H2,1-2H3. The maximum Gasteiger partial charge on any atom is 0.0502 e. The highest BCUT2D eigenvalue weighted by molar-refractivity contribution is 9.10. The molecule has 1 atom stereocenters. The van der Waals surface area contributed by atoms with Crippen LogP contribution in [-0.2, 0) is 0 Å². The van der Waals surface area contributed by atoms with Crippen molar-refractivity contribution in [3.05, 3.63) is 33.3 Å². The molecule has 0 radical (unpaired) electrons. The van der Waals surface area contributed by atoms with Gasteiger partial charge in [0, 0.05) is 20.6 Å². The van der Waals surface area contributed by atoms with Crippen molar-refractivity contribution in [3.63, 3.8) is 0 Å². The zero-order valence-corrected chi connectivity index (χ0v) is 13.3. The highest BCUT2D eigenvalue weighted by Crippen LogP contribution is 2.38. The summed E-state index contributed by atoms with van der Waals surface area (Å²) < 4.78 is 0.995. The molecule has 4 heteroatoms. The fourth-order valence-corrected chi connectivity index (χ4v) is 3.67. The Morgan fingerprint density at radius 3 is 2.50 bits per heavy atom. The van der Waals surface area contributed by atoms with E-state index < -0.39 is 0 Å². The zero-order valence-electron chi connectivity index (χ0n) is 10.9. The lowest BCUT2D eigenvalue weighted by atomic mass is 9.88. The summed E-state index contributed by atoms with van der Waals surface area (Å²) in [6.07, 6.45) is 2.53. The second kappa shape index (κ2) is 5.49. The predicted molar refractivity (Wildman–Crippen MR) is 81.0 cm³/mol. The van der Waals surface area contributed by atoms with Gasteiger partial charge in [-0.05, 0) is 51.9 Å². The van der Waals surface area contributed by atoms with E-state index in [0.717, 1.165) is 28.1 Å². The topological polar surface area (TPSA) is 29.3 Å². The Bertz CT molecular complexity index is 408. The molecule has 0 aromatic heterocycles. The molecule has 0 aliphatic carbocycles. The van der Waals surface area contributed by atoms with Gasteiger partial charge in [0.25, 0.3) is 0 Å². The number of halogens is 2. The summed E-state index contributed by atoms with van der Waals surface area (Å²) in [6.45, 7) is 6.67. The Hall–Kier alpha value is -0.0900. The quantitative estimate of drug-likeness (QED) is 0.908. The molecule has 1 aromatic carbocycles. The first-order chi connectivity index (χ1) is 8.44. The van der Waals surface area contributed by atoms with Crippen LogP contribution in [0, 0.1) is 0 Å². The highest BCUT2D eigenvalue weighted by atomic mass is 79.9. The highest BCUT2D eigenvalue weighted by Gasteiger charge is 2.37. The summed E-state index contributed by atoms with van der Waals surface area (Å²) in [5.74, 6) is 0. The van der Waals surface area contributed by atoms with Crippen LogP contribution in [0.3, 0.4) is 0 Å². The molecule has 2 rings (SSSR count). The molecule has 2 N–H and O–H groups in total. The number of nitrogens with two attached hydrogens (primary N) is 1. The van der Waals surface area contributed by atoms with Gasteiger partial charge in [-0.1, -0.05) is 33.6 Å². The van der Waals surface area contributed by atoms with Gasteiger partial charge in [0.2, 0.25) is 0 Å². The minimum Gasteiger partial charge on any atom is -0.322 e. The van der Waals surface area contributed by atoms with E-state index in [1.54, 1.807) is 0 Å². The molecule has 1 saturated heterocycles. The molecule has 1 heterocycles. The van der Waals surface area contributed by atoms with Gasteiger partial charge in [-0.2, -0.15) is 0 Å². The summed E-state index contributed by atoms with van der Waals surface area (Å²) >= 11 is 9.87. The van der Waals surface area contributed by atoms with Gasteiger partial charge >= 0.3 is 0 Å². The van der Waals surface area contributed by atoms with Crippen LogP contribution in [0.1, 0.15) is 38.3 Å². The number of benzene rings is 1. The van der Waals surface area contributed by atoms with E-state index in [1.165, 1.54) is 12.8 Å². The van der Waals surface area contributed by atoms with Crippen LogP contribution in [-0.4, -0.2) is 23.5 Å². The molecule has 0 spiro atoms. The molecule has 1 aromatic rings. The van der Waals surface area contributed by atoms with Crippen molar-refractivity contribution in [2.45, 2.75) is 38.3 Å². The number of rotatable bonds is 3. The fraction of sp³-hybridized carbons (Fsp3) is 0.571. The molecule has 2 nitrogen and oxygen atoms in total. The Kier molecular flexibility index (Phi) is 4.37. The maximum atomic E-state index is 6.50. The van der Waals surface area contributed by atoms with Crippen molar-refractivity contribution in [2.75, 3.05) is 13.1 Å². The van der Waals surface area contributed by atoms with Crippen molar-refractivity contribution in [1.29, 1.82) is 0 Å². The lowest BCUT2D eigenvalue weighted by Crippen LogP contribution is -2.50. The summed E-state index contributed by atoms with van der Waals surface area (Å²) in [7, 11) is 0. The number of hydrogen-bond acceptors (Lipinski definition) is 2. The lowest BCUT2D eigenvalue weighted by molar-refractivity contribution is 0.124. The van der Waals surface area contributed by atoms with Crippen molar-refractivity contribution in [2.24, 2.45) is 5.73 Å². The van der Waals surface area contributed by atoms with E-state index >= 15 is 0 Å². The van der Waals surface area contributed by atoms with Crippen LogP contribution in [0.2, 0.25) is 5.02 Å². The monoisotopic (exact) mass is 330 g/mol. The summed E-state index contributed by atoms with van der Waals surface area (Å²) in [5.41, 5.74) is 7.43. The number of likely N-dealkylation sites (tertiary alicyclic amines) is 1. The molecule has 100 valence electrons. The van der Waals surface area contributed by atoms with Gasteiger partial charge in [0.15, 0.2) is 0 Å². The van der Waals surface area contributed by atoms with Gasteiger partial charge in [-0.15, -0.1) is 0 Å². The third kappa shape index (κ3) is 2.60. The molecule has 1 aliphatic rings. The molecule has 1 fully saturated rings. The number of nitrogens with zero attached hydrogens (tertiary/aromatic N) is 1. The second-order valence-electron chi connectivity index (χ2n) is 5.46. The SMILES string of the molecule is CC(C)(C(N)c1c(Cl)cccc1Br)N1CCCC1. The Morgan fingerprint density at radius 2 is 1.94 bits per heavy atom. The average Bonchev–Trinajstić information content (AvgIpc) is 2.82. The van der Waals surface area contributed by atoms with Gasteiger partial charge in [0.1, 0.15) is 0 Å². The zero-order chi connectivity index (χ0) is 13.3. The normalized spacial score (nSPS) is 19.2. The first kappa shape index (κ1) is 14.3. The van der Waals surface area contributed by atoms with Crippen LogP contribution >= 0.6 is 27.5 Å². The van der Waals surface area contributed by atoms with E-state index in [2.05, 4.69) is 34.7 Å². The molecule has 1 unspecified atom stereocenters. The molecular formula is C14H20BrClN2. The van der Waals surface area contributed by atoms with Crippen LogP contribution in [0.4, 0.5) is 0 Å². The smallest absolute Gasteiger partial charge is 0.0502 e. The lowest BCUT2D eigenvalue weighted by Gasteiger charge is -2.41. The molecule has 18 heavy (non-hydrogen) atoms. The van der Waals surface area contributed by atoms with Crippen LogP contribution in [0.5, 0.6) is 0 Å². The summed E-state index contributed by atoms with van der Waals surface area (Å²) in [4.78, 5) is 2.47. The predicted octanol–water partition coefficient (Wildman–Crippen LogP) is 3.98. The fourth-order valence-electron chi connectivity index (χ4n) is 2.65. The van der Waals surface area contributed by atoms with E-state index in [-0.39, 0.29) is 11.6 Å². The molecular weight excluding hydrogens is 312 g/mol. The molecule has 0 bridgehead atoms. The van der Waals surface area contributed by atoms with Gasteiger partial charge in [-0.25, -0.2) is 0 Å². The first-order valence-electron chi connectivity index (χ1n) is 6.39. The third-order valence-electron chi connectivity index (χ3n) is 3.99. The minimum atomic E-state index is -0.0984. The van der Waals surface area contributed by atoms with Crippen LogP contribution in [0.25, 0.3) is 0 Å². The molecule has 1 aliphatic heterocycles. The molecule has 0 saturated carbocycles. The van der Waals surface area contributed by atoms with Gasteiger partial charge < -0.3 is 5.73 Å². The van der Waals surface area contributed by atoms with Crippen molar-refractivity contribution >= 4 is 27.5 Å². The number of hydrogen-bond donors (Lipinski definition) is 1. The van der Waals surface area contributed by atoms with E-state index in [9.17, 15) is 0 Å². The van der Waals surface area contributed by atoms with Crippen LogP contribution < -0.4 is 5.73 Å². The van der Waals surface area contributed by atoms with Crippen molar-refractivity contribution in [1.82, 2.24) is 4.90 Å². The van der Waals surface area contributed by atoms with Crippen molar-refractivity contribution < 1.29 is 0 Å². The summed E-state index contributed by atoms with van der Waals surface area (Å²) in [5, 5.41) is 0.740. The van der Waals surface area contributed by atoms with Gasteiger partial charge in [-0.3, -0.25) is 4.90 Å². The Balaban J connectivity index is 2.32. The van der Waals surface area contributed by atoms with Gasteiger partial charge in [0.05, 0.1) is 6.04 Å². The second-order valence-corrected chi connectivity index (χ2v) is 6.72. The average molecular weight is 332 g/mol.